The zero-order valence-electron chi connectivity index (χ0n) is 16.0. The average molecular weight is 394 g/mol. The van der Waals surface area contributed by atoms with Gasteiger partial charge in [-0.3, -0.25) is 14.7 Å². The van der Waals surface area contributed by atoms with E-state index in [0.717, 1.165) is 37.4 Å². The summed E-state index contributed by atoms with van der Waals surface area (Å²) >= 11 is 0. The van der Waals surface area contributed by atoms with Crippen LogP contribution < -0.4 is 10.2 Å². The SMILES string of the molecule is O=C(NC[C@H](c1cccnc1)N1CCN(c2ccc(F)cc2)CC1)c1ccco1. The lowest BCUT2D eigenvalue weighted by Gasteiger charge is -2.40. The molecule has 0 radical (unpaired) electrons. The van der Waals surface area contributed by atoms with Gasteiger partial charge < -0.3 is 14.6 Å². The van der Waals surface area contributed by atoms with E-state index in [1.54, 1.807) is 18.3 Å². The minimum Gasteiger partial charge on any atom is -0.459 e. The van der Waals surface area contributed by atoms with Crippen LogP contribution in [0.3, 0.4) is 0 Å². The predicted molar refractivity (Wildman–Crippen MR) is 108 cm³/mol. The Morgan fingerprint density at radius 3 is 2.55 bits per heavy atom. The molecule has 7 heteroatoms. The van der Waals surface area contributed by atoms with E-state index in [9.17, 15) is 9.18 Å². The number of halogens is 1. The van der Waals surface area contributed by atoms with Gasteiger partial charge >= 0.3 is 0 Å². The summed E-state index contributed by atoms with van der Waals surface area (Å²) in [7, 11) is 0. The van der Waals surface area contributed by atoms with Crippen molar-refractivity contribution in [2.45, 2.75) is 6.04 Å². The fourth-order valence-corrected chi connectivity index (χ4v) is 3.66. The van der Waals surface area contributed by atoms with E-state index >= 15 is 0 Å². The average Bonchev–Trinajstić information content (AvgIpc) is 3.31. The van der Waals surface area contributed by atoms with E-state index in [2.05, 4.69) is 20.1 Å². The van der Waals surface area contributed by atoms with E-state index in [4.69, 9.17) is 4.42 Å². The number of piperazine rings is 1. The predicted octanol–water partition coefficient (Wildman–Crippen LogP) is 3.11. The molecular weight excluding hydrogens is 371 g/mol. The molecule has 29 heavy (non-hydrogen) atoms. The van der Waals surface area contributed by atoms with Gasteiger partial charge in [0.15, 0.2) is 5.76 Å². The highest BCUT2D eigenvalue weighted by Crippen LogP contribution is 2.24. The summed E-state index contributed by atoms with van der Waals surface area (Å²) in [6, 6.07) is 13.9. The lowest BCUT2D eigenvalue weighted by molar-refractivity contribution is 0.0902. The monoisotopic (exact) mass is 394 g/mol. The molecule has 1 aliphatic heterocycles. The van der Waals surface area contributed by atoms with Gasteiger partial charge in [-0.05, 0) is 48.0 Å². The fraction of sp³-hybridized carbons (Fsp3) is 0.273. The van der Waals surface area contributed by atoms with Crippen molar-refractivity contribution in [3.05, 3.63) is 84.3 Å². The van der Waals surface area contributed by atoms with E-state index in [1.165, 1.54) is 18.4 Å². The van der Waals surface area contributed by atoms with Crippen molar-refractivity contribution in [2.75, 3.05) is 37.6 Å². The maximum Gasteiger partial charge on any atom is 0.287 e. The molecule has 0 saturated carbocycles. The molecule has 2 aromatic heterocycles. The van der Waals surface area contributed by atoms with Crippen LogP contribution in [0.15, 0.2) is 71.6 Å². The molecule has 1 amide bonds. The van der Waals surface area contributed by atoms with Gasteiger partial charge in [0.1, 0.15) is 5.82 Å². The Labute approximate surface area is 169 Å². The van der Waals surface area contributed by atoms with Crippen molar-refractivity contribution < 1.29 is 13.6 Å². The van der Waals surface area contributed by atoms with Gasteiger partial charge in [0.05, 0.1) is 12.3 Å². The molecule has 6 nitrogen and oxygen atoms in total. The number of aromatic nitrogens is 1. The van der Waals surface area contributed by atoms with Crippen LogP contribution in [0.1, 0.15) is 22.2 Å². The third kappa shape index (κ3) is 4.63. The number of benzene rings is 1. The summed E-state index contributed by atoms with van der Waals surface area (Å²) in [5, 5.41) is 2.97. The summed E-state index contributed by atoms with van der Waals surface area (Å²) in [5.41, 5.74) is 2.08. The van der Waals surface area contributed by atoms with Crippen molar-refractivity contribution in [2.24, 2.45) is 0 Å². The Morgan fingerprint density at radius 2 is 1.90 bits per heavy atom. The molecule has 1 aromatic carbocycles. The molecule has 0 unspecified atom stereocenters. The van der Waals surface area contributed by atoms with Crippen LogP contribution in [0.2, 0.25) is 0 Å². The summed E-state index contributed by atoms with van der Waals surface area (Å²) in [6.07, 6.45) is 5.08. The number of carbonyl (C=O) groups excluding carboxylic acids is 1. The maximum absolute atomic E-state index is 13.2. The van der Waals surface area contributed by atoms with Gasteiger partial charge in [-0.1, -0.05) is 6.07 Å². The third-order valence-corrected chi connectivity index (χ3v) is 5.22. The lowest BCUT2D eigenvalue weighted by Crippen LogP contribution is -2.50. The van der Waals surface area contributed by atoms with E-state index in [0.29, 0.717) is 12.3 Å². The van der Waals surface area contributed by atoms with E-state index in [1.807, 2.05) is 30.5 Å². The molecule has 1 atom stereocenters. The van der Waals surface area contributed by atoms with Crippen LogP contribution >= 0.6 is 0 Å². The van der Waals surface area contributed by atoms with Gasteiger partial charge in [-0.25, -0.2) is 4.39 Å². The van der Waals surface area contributed by atoms with Crippen LogP contribution in [0.5, 0.6) is 0 Å². The number of pyridine rings is 1. The van der Waals surface area contributed by atoms with Crippen molar-refractivity contribution in [1.82, 2.24) is 15.2 Å². The standard InChI is InChI=1S/C22H23FN4O2/c23-18-5-7-19(8-6-18)26-10-12-27(13-11-26)20(17-3-1-9-24-15-17)16-25-22(28)21-4-2-14-29-21/h1-9,14-15,20H,10-13,16H2,(H,25,28)/t20-/m1/s1. The highest BCUT2D eigenvalue weighted by molar-refractivity contribution is 5.91. The molecule has 1 aliphatic rings. The molecule has 0 aliphatic carbocycles. The third-order valence-electron chi connectivity index (χ3n) is 5.22. The van der Waals surface area contributed by atoms with Crippen molar-refractivity contribution >= 4 is 11.6 Å². The summed E-state index contributed by atoms with van der Waals surface area (Å²) in [5.74, 6) is -0.152. The number of hydrogen-bond acceptors (Lipinski definition) is 5. The van der Waals surface area contributed by atoms with Crippen molar-refractivity contribution in [3.8, 4) is 0 Å². The quantitative estimate of drug-likeness (QED) is 0.696. The van der Waals surface area contributed by atoms with Gasteiger partial charge in [0.25, 0.3) is 5.91 Å². The molecule has 1 saturated heterocycles. The van der Waals surface area contributed by atoms with E-state index in [-0.39, 0.29) is 17.8 Å². The Bertz CT molecular complexity index is 908. The zero-order valence-corrected chi connectivity index (χ0v) is 16.0. The van der Waals surface area contributed by atoms with Crippen molar-refractivity contribution in [1.29, 1.82) is 0 Å². The first-order valence-corrected chi connectivity index (χ1v) is 9.67. The second-order valence-corrected chi connectivity index (χ2v) is 6.99. The Hall–Kier alpha value is -3.19. The van der Waals surface area contributed by atoms with Gasteiger partial charge in [0, 0.05) is 50.8 Å². The van der Waals surface area contributed by atoms with Gasteiger partial charge in [-0.15, -0.1) is 0 Å². The topological polar surface area (TPSA) is 61.6 Å². The number of rotatable bonds is 6. The highest BCUT2D eigenvalue weighted by atomic mass is 19.1. The number of carbonyl (C=O) groups is 1. The van der Waals surface area contributed by atoms with Crippen LogP contribution in [0.25, 0.3) is 0 Å². The van der Waals surface area contributed by atoms with Crippen LogP contribution in [0.4, 0.5) is 10.1 Å². The molecule has 150 valence electrons. The van der Waals surface area contributed by atoms with E-state index < -0.39 is 0 Å². The second-order valence-electron chi connectivity index (χ2n) is 6.99. The molecule has 3 aromatic rings. The molecule has 1 fully saturated rings. The summed E-state index contributed by atoms with van der Waals surface area (Å²) in [4.78, 5) is 21.1. The maximum atomic E-state index is 13.2. The molecule has 0 bridgehead atoms. The first kappa shape index (κ1) is 19.1. The number of hydrogen-bond donors (Lipinski definition) is 1. The minimum atomic E-state index is -0.228. The number of nitrogens with one attached hydrogen (secondary N) is 1. The molecule has 4 rings (SSSR count). The minimum absolute atomic E-state index is 0.0120. The van der Waals surface area contributed by atoms with Gasteiger partial charge in [0.2, 0.25) is 0 Å². The number of anilines is 1. The Kier molecular flexibility index (Phi) is 5.86. The largest absolute Gasteiger partial charge is 0.459 e. The summed E-state index contributed by atoms with van der Waals surface area (Å²) < 4.78 is 18.4. The molecule has 0 spiro atoms. The number of amides is 1. The van der Waals surface area contributed by atoms with Crippen LogP contribution in [0, 0.1) is 5.82 Å². The second kappa shape index (κ2) is 8.87. The van der Waals surface area contributed by atoms with Gasteiger partial charge in [-0.2, -0.15) is 0 Å². The van der Waals surface area contributed by atoms with Crippen LogP contribution in [-0.2, 0) is 0 Å². The zero-order chi connectivity index (χ0) is 20.1. The molecular formula is C22H23FN4O2. The summed E-state index contributed by atoms with van der Waals surface area (Å²) in [6.45, 7) is 3.77. The fourth-order valence-electron chi connectivity index (χ4n) is 3.66. The smallest absolute Gasteiger partial charge is 0.287 e. The van der Waals surface area contributed by atoms with Crippen molar-refractivity contribution in [3.63, 3.8) is 0 Å². The Morgan fingerprint density at radius 1 is 1.10 bits per heavy atom. The highest BCUT2D eigenvalue weighted by Gasteiger charge is 2.26. The number of furan rings is 1. The molecule has 3 heterocycles. The normalized spacial score (nSPS) is 15.8. The number of nitrogens with zero attached hydrogens (tertiary/aromatic N) is 3. The first-order chi connectivity index (χ1) is 14.2. The molecule has 1 N–H and O–H groups in total. The Balaban J connectivity index is 1.43. The lowest BCUT2D eigenvalue weighted by atomic mass is 10.1. The van der Waals surface area contributed by atoms with Crippen LogP contribution in [-0.4, -0.2) is 48.5 Å². The first-order valence-electron chi connectivity index (χ1n) is 9.67.